The van der Waals surface area contributed by atoms with Crippen LogP contribution in [0.4, 0.5) is 18.9 Å². The molecule has 1 saturated carbocycles. The third-order valence-electron chi connectivity index (χ3n) is 8.61. The molecule has 11 heteroatoms. The van der Waals surface area contributed by atoms with Gasteiger partial charge in [0.2, 0.25) is 0 Å². The summed E-state index contributed by atoms with van der Waals surface area (Å²) in [7, 11) is 1.86. The second-order valence-electron chi connectivity index (χ2n) is 11.6. The Morgan fingerprint density at radius 2 is 2.02 bits per heavy atom. The number of hydrogen-bond acceptors (Lipinski definition) is 6. The Hall–Kier alpha value is -3.28. The van der Waals surface area contributed by atoms with E-state index >= 15 is 0 Å². The summed E-state index contributed by atoms with van der Waals surface area (Å²) in [4.78, 5) is 15.1. The number of aryl methyl sites for hydroxylation is 1. The van der Waals surface area contributed by atoms with Crippen LogP contribution in [-0.2, 0) is 35.8 Å². The van der Waals surface area contributed by atoms with E-state index in [2.05, 4.69) is 22.4 Å². The second-order valence-corrected chi connectivity index (χ2v) is 11.6. The normalized spacial score (nSPS) is 21.0. The van der Waals surface area contributed by atoms with Crippen molar-refractivity contribution in [2.45, 2.75) is 69.4 Å². The molecule has 3 aliphatic rings. The Kier molecular flexibility index (Phi) is 7.37. The zero-order valence-electron chi connectivity index (χ0n) is 23.2. The van der Waals surface area contributed by atoms with Crippen LogP contribution in [0.15, 0.2) is 42.7 Å². The Morgan fingerprint density at radius 3 is 2.68 bits per heavy atom. The first-order valence-electron chi connectivity index (χ1n) is 14.0. The van der Waals surface area contributed by atoms with Crippen molar-refractivity contribution in [3.05, 3.63) is 76.4 Å². The van der Waals surface area contributed by atoms with Crippen molar-refractivity contribution in [1.82, 2.24) is 20.1 Å². The highest BCUT2D eigenvalue weighted by molar-refractivity contribution is 6.10. The lowest BCUT2D eigenvalue weighted by Gasteiger charge is -2.39. The Labute approximate surface area is 236 Å². The van der Waals surface area contributed by atoms with Gasteiger partial charge in [0.15, 0.2) is 0 Å². The fourth-order valence-corrected chi connectivity index (χ4v) is 6.07. The van der Waals surface area contributed by atoms with Crippen molar-refractivity contribution in [2.24, 2.45) is 7.05 Å². The van der Waals surface area contributed by atoms with Crippen LogP contribution in [0.25, 0.3) is 0 Å². The van der Waals surface area contributed by atoms with E-state index in [1.807, 2.05) is 29.8 Å². The average Bonchev–Trinajstić information content (AvgIpc) is 3.51. The largest absolute Gasteiger partial charge is 0.416 e. The maximum Gasteiger partial charge on any atom is 0.416 e. The van der Waals surface area contributed by atoms with E-state index < -0.39 is 17.6 Å². The number of halogens is 3. The van der Waals surface area contributed by atoms with Gasteiger partial charge in [0.05, 0.1) is 38.0 Å². The van der Waals surface area contributed by atoms with Gasteiger partial charge in [0.25, 0.3) is 5.91 Å². The maximum absolute atomic E-state index is 14.2. The van der Waals surface area contributed by atoms with Crippen LogP contribution in [0.3, 0.4) is 0 Å². The van der Waals surface area contributed by atoms with Crippen molar-refractivity contribution in [3.63, 3.8) is 0 Å². The topological polar surface area (TPSA) is 81.5 Å². The van der Waals surface area contributed by atoms with E-state index in [0.717, 1.165) is 30.7 Å². The summed E-state index contributed by atoms with van der Waals surface area (Å²) >= 11 is 0. The van der Waals surface area contributed by atoms with Crippen LogP contribution < -0.4 is 10.2 Å². The third-order valence-corrected chi connectivity index (χ3v) is 8.61. The highest BCUT2D eigenvalue weighted by atomic mass is 19.4. The first-order chi connectivity index (χ1) is 19.6. The van der Waals surface area contributed by atoms with Gasteiger partial charge in [-0.15, -0.1) is 10.2 Å². The van der Waals surface area contributed by atoms with Crippen LogP contribution in [0.2, 0.25) is 0 Å². The van der Waals surface area contributed by atoms with Gasteiger partial charge in [-0.1, -0.05) is 12.1 Å². The minimum absolute atomic E-state index is 0.0177. The highest BCUT2D eigenvalue weighted by Gasteiger charge is 2.41. The number of nitrogens with one attached hydrogen (secondary N) is 1. The summed E-state index contributed by atoms with van der Waals surface area (Å²) in [6.45, 7) is 3.74. The van der Waals surface area contributed by atoms with E-state index in [1.54, 1.807) is 18.5 Å². The van der Waals surface area contributed by atoms with Gasteiger partial charge in [0.1, 0.15) is 12.2 Å². The predicted molar refractivity (Wildman–Crippen MR) is 146 cm³/mol. The zero-order valence-corrected chi connectivity index (χ0v) is 23.2. The van der Waals surface area contributed by atoms with Crippen molar-refractivity contribution < 1.29 is 27.4 Å². The Bertz CT molecular complexity index is 1430. The molecule has 0 radical (unpaired) electrons. The number of carbonyl (C=O) groups is 1. The number of fused-ring (bicyclic) bond motifs is 1. The molecule has 1 aromatic heterocycles. The lowest BCUT2D eigenvalue weighted by atomic mass is 9.78. The number of anilines is 1. The summed E-state index contributed by atoms with van der Waals surface area (Å²) < 4.78 is 56.0. The van der Waals surface area contributed by atoms with Gasteiger partial charge in [-0.2, -0.15) is 13.2 Å². The van der Waals surface area contributed by atoms with Crippen molar-refractivity contribution in [1.29, 1.82) is 0 Å². The van der Waals surface area contributed by atoms with Crippen molar-refractivity contribution in [2.75, 3.05) is 24.7 Å². The molecule has 41 heavy (non-hydrogen) atoms. The number of rotatable bonds is 8. The summed E-state index contributed by atoms with van der Waals surface area (Å²) in [5.74, 6) is 0.0770. The number of ether oxygens (including phenoxy) is 2. The molecule has 1 aliphatic carbocycles. The molecule has 1 N–H and O–H groups in total. The predicted octanol–water partition coefficient (Wildman–Crippen LogP) is 4.96. The summed E-state index contributed by atoms with van der Waals surface area (Å²) in [5, 5.41) is 11.8. The van der Waals surface area contributed by atoms with Crippen LogP contribution in [-0.4, -0.2) is 52.1 Å². The number of benzene rings is 2. The maximum atomic E-state index is 14.2. The molecule has 0 spiro atoms. The fraction of sp³-hybridized carbons (Fsp3) is 0.500. The lowest BCUT2D eigenvalue weighted by Crippen LogP contribution is -2.47. The number of alkyl halides is 3. The molecular formula is C30H34F3N5O3. The molecule has 2 aromatic carbocycles. The molecule has 1 saturated heterocycles. The molecule has 8 nitrogen and oxygen atoms in total. The van der Waals surface area contributed by atoms with Crippen LogP contribution in [0.1, 0.15) is 77.0 Å². The third kappa shape index (κ3) is 5.62. The van der Waals surface area contributed by atoms with Gasteiger partial charge in [0, 0.05) is 36.3 Å². The zero-order chi connectivity index (χ0) is 28.8. The monoisotopic (exact) mass is 569 g/mol. The molecule has 2 fully saturated rings. The van der Waals surface area contributed by atoms with Crippen molar-refractivity contribution >= 4 is 11.6 Å². The quantitative estimate of drug-likeness (QED) is 0.413. The number of carbonyl (C=O) groups excluding carboxylic acids is 1. The second kappa shape index (κ2) is 10.8. The molecule has 0 bridgehead atoms. The van der Waals surface area contributed by atoms with E-state index in [9.17, 15) is 18.0 Å². The number of amides is 1. The van der Waals surface area contributed by atoms with Gasteiger partial charge in [-0.05, 0) is 73.6 Å². The first kappa shape index (κ1) is 27.9. The molecular weight excluding hydrogens is 535 g/mol. The van der Waals surface area contributed by atoms with Gasteiger partial charge in [-0.3, -0.25) is 4.79 Å². The van der Waals surface area contributed by atoms with E-state index in [-0.39, 0.29) is 41.8 Å². The molecule has 2 aliphatic heterocycles. The molecule has 6 rings (SSSR count). The molecule has 1 unspecified atom stereocenters. The van der Waals surface area contributed by atoms with Gasteiger partial charge >= 0.3 is 6.18 Å². The minimum Gasteiger partial charge on any atom is -0.376 e. The number of aromatic nitrogens is 3. The summed E-state index contributed by atoms with van der Waals surface area (Å²) in [6.07, 6.45) is 0.573. The Morgan fingerprint density at radius 1 is 1.20 bits per heavy atom. The molecule has 2 atom stereocenters. The highest BCUT2D eigenvalue weighted by Crippen LogP contribution is 2.41. The van der Waals surface area contributed by atoms with Crippen LogP contribution in [0, 0.1) is 0 Å². The van der Waals surface area contributed by atoms with E-state index in [1.165, 1.54) is 11.0 Å². The fourth-order valence-electron chi connectivity index (χ4n) is 6.07. The standard InChI is InChI=1S/C30H34F3N5O3/c1-29(7-4-8-29)34-15-19-11-24-25(26(12-19)30(31,32)33)16-38(28(24)39)21-6-3-5-20(13-21)23(27-36-35-18-37(27)2)14-22-17-40-9-10-41-22/h3,5-6,11-13,18,22-23,34H,4,7-10,14-17H2,1-2H3/t22?,23-/m0/s1. The van der Waals surface area contributed by atoms with E-state index in [0.29, 0.717) is 37.5 Å². The molecule has 1 amide bonds. The molecule has 3 aromatic rings. The number of hydrogen-bond donors (Lipinski definition) is 1. The van der Waals surface area contributed by atoms with Gasteiger partial charge in [-0.25, -0.2) is 0 Å². The van der Waals surface area contributed by atoms with E-state index in [4.69, 9.17) is 9.47 Å². The average molecular weight is 570 g/mol. The Balaban J connectivity index is 1.31. The SMILES string of the molecule is Cn1cnnc1[C@@H](CC1COCCO1)c1cccc(N2Cc3c(cc(CNC4(C)CCC4)cc3C(F)(F)F)C2=O)c1. The minimum atomic E-state index is -4.57. The first-order valence-corrected chi connectivity index (χ1v) is 14.0. The number of nitrogens with zero attached hydrogens (tertiary/aromatic N) is 4. The molecule has 218 valence electrons. The smallest absolute Gasteiger partial charge is 0.376 e. The van der Waals surface area contributed by atoms with Crippen LogP contribution in [0.5, 0.6) is 0 Å². The van der Waals surface area contributed by atoms with Crippen LogP contribution >= 0.6 is 0 Å². The lowest BCUT2D eigenvalue weighted by molar-refractivity contribution is -0.138. The summed E-state index contributed by atoms with van der Waals surface area (Å²) in [6, 6.07) is 10.2. The molecule has 3 heterocycles. The summed E-state index contributed by atoms with van der Waals surface area (Å²) in [5.41, 5.74) is 1.18. The van der Waals surface area contributed by atoms with Crippen molar-refractivity contribution in [3.8, 4) is 0 Å². The van der Waals surface area contributed by atoms with Gasteiger partial charge < -0.3 is 24.3 Å².